The van der Waals surface area contributed by atoms with E-state index >= 15 is 0 Å². The number of nitrogens with one attached hydrogen (secondary N) is 1. The molecule has 1 atom stereocenters. The van der Waals surface area contributed by atoms with Gasteiger partial charge in [0, 0.05) is 35.2 Å². The number of anilines is 1. The van der Waals surface area contributed by atoms with E-state index in [0.717, 1.165) is 62.3 Å². The molecule has 4 aromatic rings. The van der Waals surface area contributed by atoms with Crippen molar-refractivity contribution in [3.63, 3.8) is 0 Å². The second-order valence-electron chi connectivity index (χ2n) is 7.99. The highest BCUT2D eigenvalue weighted by molar-refractivity contribution is 7.99. The minimum atomic E-state index is -0.157. The van der Waals surface area contributed by atoms with Crippen LogP contribution in [0.3, 0.4) is 0 Å². The van der Waals surface area contributed by atoms with Crippen molar-refractivity contribution in [2.45, 2.75) is 36.9 Å². The molecule has 1 unspecified atom stereocenters. The first-order chi connectivity index (χ1) is 15.7. The molecule has 1 aromatic carbocycles. The molecule has 1 aliphatic heterocycles. The number of aryl methyl sites for hydroxylation is 1. The van der Waals surface area contributed by atoms with Crippen LogP contribution in [0.5, 0.6) is 0 Å². The van der Waals surface area contributed by atoms with Crippen molar-refractivity contribution in [3.8, 4) is 10.6 Å². The van der Waals surface area contributed by atoms with Crippen molar-refractivity contribution in [2.24, 2.45) is 0 Å². The molecule has 2 aliphatic rings. The van der Waals surface area contributed by atoms with E-state index in [1.54, 1.807) is 33.9 Å². The minimum absolute atomic E-state index is 0.0416. The summed E-state index contributed by atoms with van der Waals surface area (Å²) in [6, 6.07) is 11.3. The molecule has 9 heteroatoms. The smallest absolute Gasteiger partial charge is 0.257 e. The first-order valence-corrected chi connectivity index (χ1v) is 12.3. The van der Waals surface area contributed by atoms with Crippen LogP contribution in [0.2, 0.25) is 0 Å². The number of pyridine rings is 1. The number of rotatable bonds is 4. The molecule has 1 aliphatic carbocycles. The lowest BCUT2D eigenvalue weighted by Gasteiger charge is -2.14. The number of thiazole rings is 1. The summed E-state index contributed by atoms with van der Waals surface area (Å²) in [6.45, 7) is 0. The molecular formula is C23H19N5O2S2. The van der Waals surface area contributed by atoms with Gasteiger partial charge >= 0.3 is 0 Å². The Balaban J connectivity index is 1.16. The fourth-order valence-corrected chi connectivity index (χ4v) is 6.38. The fraction of sp³-hybridized carbons (Fsp3) is 0.261. The monoisotopic (exact) mass is 461 g/mol. The van der Waals surface area contributed by atoms with E-state index in [1.165, 1.54) is 0 Å². The number of hydrogen-bond acceptors (Lipinski definition) is 7. The number of carbonyl (C=O) groups is 1. The van der Waals surface area contributed by atoms with Gasteiger partial charge in [0.05, 0.1) is 11.7 Å². The summed E-state index contributed by atoms with van der Waals surface area (Å²) in [5.74, 6) is 0.594. The number of carbonyl (C=O) groups excluding carboxylic acids is 1. The molecule has 3 aromatic heterocycles. The lowest BCUT2D eigenvalue weighted by molar-refractivity contribution is -0.116. The van der Waals surface area contributed by atoms with Crippen LogP contribution in [0.1, 0.15) is 30.1 Å². The van der Waals surface area contributed by atoms with Gasteiger partial charge in [-0.2, -0.15) is 0 Å². The third kappa shape index (κ3) is 3.41. The molecule has 0 fully saturated rings. The highest BCUT2D eigenvalue weighted by Gasteiger charge is 2.31. The fourth-order valence-electron chi connectivity index (χ4n) is 4.32. The van der Waals surface area contributed by atoms with E-state index in [1.807, 2.05) is 36.4 Å². The summed E-state index contributed by atoms with van der Waals surface area (Å²) in [7, 11) is 0. The highest BCUT2D eigenvalue weighted by atomic mass is 32.2. The van der Waals surface area contributed by atoms with Crippen LogP contribution in [0.4, 0.5) is 5.69 Å². The second kappa shape index (κ2) is 7.83. The van der Waals surface area contributed by atoms with Gasteiger partial charge in [-0.25, -0.2) is 15.0 Å². The van der Waals surface area contributed by atoms with Gasteiger partial charge in [-0.1, -0.05) is 23.1 Å². The van der Waals surface area contributed by atoms with Gasteiger partial charge in [-0.05, 0) is 55.7 Å². The third-order valence-corrected chi connectivity index (χ3v) is 8.00. The molecule has 0 spiro atoms. The van der Waals surface area contributed by atoms with Crippen molar-refractivity contribution >= 4 is 45.0 Å². The molecule has 32 heavy (non-hydrogen) atoms. The Labute approximate surface area is 191 Å². The summed E-state index contributed by atoms with van der Waals surface area (Å²) >= 11 is 3.11. The number of nitrogens with zero attached hydrogens (tertiary/aromatic N) is 4. The number of hydrogen-bond donors (Lipinski definition) is 1. The number of amides is 1. The van der Waals surface area contributed by atoms with Crippen molar-refractivity contribution in [3.05, 3.63) is 64.2 Å². The molecule has 1 N–H and O–H groups in total. The first kappa shape index (κ1) is 19.6. The Morgan fingerprint density at radius 2 is 2.03 bits per heavy atom. The zero-order valence-corrected chi connectivity index (χ0v) is 18.7. The van der Waals surface area contributed by atoms with E-state index in [9.17, 15) is 9.59 Å². The van der Waals surface area contributed by atoms with Crippen LogP contribution in [0.15, 0.2) is 52.5 Å². The zero-order chi connectivity index (χ0) is 21.7. The largest absolute Gasteiger partial charge is 0.326 e. The van der Waals surface area contributed by atoms with Gasteiger partial charge in [-0.15, -0.1) is 0 Å². The molecule has 0 saturated heterocycles. The third-order valence-electron chi connectivity index (χ3n) is 5.88. The van der Waals surface area contributed by atoms with E-state index in [4.69, 9.17) is 0 Å². The van der Waals surface area contributed by atoms with E-state index < -0.39 is 0 Å². The van der Waals surface area contributed by atoms with E-state index in [-0.39, 0.29) is 23.9 Å². The van der Waals surface area contributed by atoms with Gasteiger partial charge in [0.2, 0.25) is 5.91 Å². The van der Waals surface area contributed by atoms with Gasteiger partial charge in [0.25, 0.3) is 5.56 Å². The highest BCUT2D eigenvalue weighted by Crippen LogP contribution is 2.34. The van der Waals surface area contributed by atoms with Crippen LogP contribution >= 0.6 is 23.1 Å². The molecule has 1 amide bonds. The summed E-state index contributed by atoms with van der Waals surface area (Å²) < 4.78 is 1.73. The molecule has 7 nitrogen and oxygen atoms in total. The van der Waals surface area contributed by atoms with Gasteiger partial charge in [-0.3, -0.25) is 14.2 Å². The van der Waals surface area contributed by atoms with Crippen LogP contribution < -0.4 is 10.9 Å². The first-order valence-electron chi connectivity index (χ1n) is 10.5. The Morgan fingerprint density at radius 3 is 2.88 bits per heavy atom. The topological polar surface area (TPSA) is 89.8 Å². The Kier molecular flexibility index (Phi) is 4.80. The SMILES string of the molecule is O=C(CC1CSc2nc3c(c(=O)n21)CCC3)Nc1ccc(-c2nc3cccnc3s2)cc1. The number of aromatic nitrogens is 4. The molecule has 160 valence electrons. The predicted molar refractivity (Wildman–Crippen MR) is 126 cm³/mol. The van der Waals surface area contributed by atoms with Crippen LogP contribution in [-0.2, 0) is 17.6 Å². The summed E-state index contributed by atoms with van der Waals surface area (Å²) in [4.78, 5) is 40.2. The van der Waals surface area contributed by atoms with Crippen LogP contribution in [-0.4, -0.2) is 31.2 Å². The van der Waals surface area contributed by atoms with E-state index in [0.29, 0.717) is 5.75 Å². The Morgan fingerprint density at radius 1 is 1.16 bits per heavy atom. The predicted octanol–water partition coefficient (Wildman–Crippen LogP) is 4.08. The van der Waals surface area contributed by atoms with Gasteiger partial charge < -0.3 is 5.32 Å². The molecule has 6 rings (SSSR count). The van der Waals surface area contributed by atoms with Crippen molar-refractivity contribution < 1.29 is 4.79 Å². The maximum absolute atomic E-state index is 12.9. The maximum atomic E-state index is 12.9. The second-order valence-corrected chi connectivity index (χ2v) is 9.95. The molecule has 0 bridgehead atoms. The quantitative estimate of drug-likeness (QED) is 0.461. The van der Waals surface area contributed by atoms with Crippen LogP contribution in [0.25, 0.3) is 20.9 Å². The number of fused-ring (bicyclic) bond motifs is 3. The van der Waals surface area contributed by atoms with Crippen molar-refractivity contribution in [1.82, 2.24) is 19.5 Å². The lowest BCUT2D eigenvalue weighted by Crippen LogP contribution is -2.30. The Bertz CT molecular complexity index is 1380. The molecule has 0 saturated carbocycles. The van der Waals surface area contributed by atoms with E-state index in [2.05, 4.69) is 20.3 Å². The average Bonchev–Trinajstić information content (AvgIpc) is 3.53. The summed E-state index contributed by atoms with van der Waals surface area (Å²) in [6.07, 6.45) is 4.68. The number of benzene rings is 1. The molecule has 4 heterocycles. The lowest BCUT2D eigenvalue weighted by atomic mass is 10.2. The molecule has 0 radical (unpaired) electrons. The van der Waals surface area contributed by atoms with Crippen molar-refractivity contribution in [2.75, 3.05) is 11.1 Å². The van der Waals surface area contributed by atoms with Crippen molar-refractivity contribution in [1.29, 1.82) is 0 Å². The van der Waals surface area contributed by atoms with Gasteiger partial charge in [0.1, 0.15) is 15.4 Å². The Hall–Kier alpha value is -3.04. The summed E-state index contributed by atoms with van der Waals surface area (Å²) in [5.41, 5.74) is 4.42. The average molecular weight is 462 g/mol. The number of thioether (sulfide) groups is 1. The normalized spacial score (nSPS) is 16.8. The standard InChI is InChI=1S/C23H19N5O2S2/c29-19(11-15-12-31-23-27-17-4-1-3-16(17)22(30)28(15)23)25-14-8-6-13(7-9-14)20-26-18-5-2-10-24-21(18)32-20/h2,5-10,15H,1,3-4,11-12H2,(H,25,29). The van der Waals surface area contributed by atoms with Gasteiger partial charge in [0.15, 0.2) is 5.16 Å². The summed E-state index contributed by atoms with van der Waals surface area (Å²) in [5, 5.41) is 4.61. The maximum Gasteiger partial charge on any atom is 0.257 e. The zero-order valence-electron chi connectivity index (χ0n) is 17.1. The van der Waals surface area contributed by atoms with Crippen LogP contribution in [0, 0.1) is 0 Å². The molecular weight excluding hydrogens is 442 g/mol. The minimum Gasteiger partial charge on any atom is -0.326 e.